The zero-order valence-corrected chi connectivity index (χ0v) is 16.4. The monoisotopic (exact) mass is 373 g/mol. The van der Waals surface area contributed by atoms with Crippen molar-refractivity contribution < 1.29 is 4.79 Å². The SMILES string of the molecule is Cc1cccc(C(=O)N(Cc2ccccn2)C2CCCNCC2)c1C.Cl. The van der Waals surface area contributed by atoms with Crippen molar-refractivity contribution in [3.63, 3.8) is 0 Å². The van der Waals surface area contributed by atoms with E-state index >= 15 is 0 Å². The zero-order valence-electron chi connectivity index (χ0n) is 15.6. The van der Waals surface area contributed by atoms with Crippen LogP contribution < -0.4 is 5.32 Å². The molecule has 1 aliphatic rings. The third-order valence-corrected chi connectivity index (χ3v) is 5.14. The second-order valence-corrected chi connectivity index (χ2v) is 6.84. The number of aromatic nitrogens is 1. The standard InChI is InChI=1S/C21H27N3O.ClH/c1-16-7-5-10-20(17(16)2)21(25)24(15-18-8-3-4-13-23-18)19-9-6-12-22-14-11-19;/h3-5,7-8,10,13,19,22H,6,9,11-12,14-15H2,1-2H3;1H. The van der Waals surface area contributed by atoms with E-state index < -0.39 is 0 Å². The minimum atomic E-state index is 0. The second-order valence-electron chi connectivity index (χ2n) is 6.84. The van der Waals surface area contributed by atoms with E-state index in [0.717, 1.165) is 54.7 Å². The van der Waals surface area contributed by atoms with Crippen molar-refractivity contribution >= 4 is 18.3 Å². The molecule has 1 aromatic heterocycles. The van der Waals surface area contributed by atoms with Crippen LogP contribution >= 0.6 is 12.4 Å². The van der Waals surface area contributed by atoms with Gasteiger partial charge in [0.05, 0.1) is 12.2 Å². The molecule has 5 heteroatoms. The van der Waals surface area contributed by atoms with E-state index in [2.05, 4.69) is 23.3 Å². The molecule has 140 valence electrons. The van der Waals surface area contributed by atoms with Gasteiger partial charge >= 0.3 is 0 Å². The fourth-order valence-corrected chi connectivity index (χ4v) is 3.48. The molecule has 4 nitrogen and oxygen atoms in total. The summed E-state index contributed by atoms with van der Waals surface area (Å²) in [4.78, 5) is 19.9. The number of hydrogen-bond acceptors (Lipinski definition) is 3. The first-order valence-corrected chi connectivity index (χ1v) is 9.14. The Kier molecular flexibility index (Phi) is 7.61. The van der Waals surface area contributed by atoms with E-state index in [4.69, 9.17) is 0 Å². The van der Waals surface area contributed by atoms with Crippen LogP contribution in [0, 0.1) is 13.8 Å². The maximum Gasteiger partial charge on any atom is 0.254 e. The molecular weight excluding hydrogens is 346 g/mol. The first-order valence-electron chi connectivity index (χ1n) is 9.14. The second kappa shape index (κ2) is 9.70. The van der Waals surface area contributed by atoms with Gasteiger partial charge in [-0.2, -0.15) is 0 Å². The molecule has 0 saturated carbocycles. The molecule has 2 heterocycles. The number of carbonyl (C=O) groups is 1. The van der Waals surface area contributed by atoms with E-state index in [-0.39, 0.29) is 24.4 Å². The van der Waals surface area contributed by atoms with Crippen molar-refractivity contribution in [3.8, 4) is 0 Å². The van der Waals surface area contributed by atoms with Crippen LogP contribution in [0.25, 0.3) is 0 Å². The number of carbonyl (C=O) groups excluding carboxylic acids is 1. The highest BCUT2D eigenvalue weighted by molar-refractivity contribution is 5.96. The molecule has 1 atom stereocenters. The van der Waals surface area contributed by atoms with Gasteiger partial charge in [0.2, 0.25) is 0 Å². The topological polar surface area (TPSA) is 45.2 Å². The number of halogens is 1. The molecule has 0 aliphatic carbocycles. The predicted molar refractivity (Wildman–Crippen MR) is 108 cm³/mol. The highest BCUT2D eigenvalue weighted by Gasteiger charge is 2.27. The first kappa shape index (κ1) is 20.4. The van der Waals surface area contributed by atoms with Crippen LogP contribution in [0.1, 0.15) is 46.4 Å². The van der Waals surface area contributed by atoms with Crippen LogP contribution in [0.2, 0.25) is 0 Å². The lowest BCUT2D eigenvalue weighted by Crippen LogP contribution is -2.41. The summed E-state index contributed by atoms with van der Waals surface area (Å²) in [6.07, 6.45) is 4.92. The Bertz CT molecular complexity index is 712. The fourth-order valence-electron chi connectivity index (χ4n) is 3.48. The van der Waals surface area contributed by atoms with Gasteiger partial charge in [-0.05, 0) is 75.5 Å². The Hall–Kier alpha value is -1.91. The Balaban J connectivity index is 0.00000243. The van der Waals surface area contributed by atoms with E-state index in [0.29, 0.717) is 6.54 Å². The average Bonchev–Trinajstić information content (AvgIpc) is 2.92. The number of nitrogens with one attached hydrogen (secondary N) is 1. The summed E-state index contributed by atoms with van der Waals surface area (Å²) < 4.78 is 0. The van der Waals surface area contributed by atoms with Crippen molar-refractivity contribution in [1.82, 2.24) is 15.2 Å². The summed E-state index contributed by atoms with van der Waals surface area (Å²) >= 11 is 0. The van der Waals surface area contributed by atoms with Gasteiger partial charge in [-0.15, -0.1) is 12.4 Å². The number of amides is 1. The molecule has 3 rings (SSSR count). The van der Waals surface area contributed by atoms with Crippen molar-refractivity contribution in [2.75, 3.05) is 13.1 Å². The Morgan fingerprint density at radius 2 is 2.00 bits per heavy atom. The zero-order chi connectivity index (χ0) is 17.6. The Labute approximate surface area is 162 Å². The van der Waals surface area contributed by atoms with Crippen LogP contribution in [0.3, 0.4) is 0 Å². The summed E-state index contributed by atoms with van der Waals surface area (Å²) in [7, 11) is 0. The van der Waals surface area contributed by atoms with Crippen LogP contribution in [0.4, 0.5) is 0 Å². The van der Waals surface area contributed by atoms with E-state index in [1.54, 1.807) is 6.20 Å². The highest BCUT2D eigenvalue weighted by Crippen LogP contribution is 2.22. The summed E-state index contributed by atoms with van der Waals surface area (Å²) in [6.45, 7) is 6.66. The van der Waals surface area contributed by atoms with Gasteiger partial charge in [-0.1, -0.05) is 18.2 Å². The molecule has 1 aliphatic heterocycles. The third-order valence-electron chi connectivity index (χ3n) is 5.14. The third kappa shape index (κ3) is 4.83. The van der Waals surface area contributed by atoms with Gasteiger partial charge in [-0.25, -0.2) is 0 Å². The van der Waals surface area contributed by atoms with Crippen molar-refractivity contribution in [3.05, 3.63) is 65.0 Å². The lowest BCUT2D eigenvalue weighted by Gasteiger charge is -2.31. The van der Waals surface area contributed by atoms with Crippen LogP contribution in [-0.2, 0) is 6.54 Å². The van der Waals surface area contributed by atoms with Crippen LogP contribution in [-0.4, -0.2) is 34.9 Å². The summed E-state index contributed by atoms with van der Waals surface area (Å²) in [5.74, 6) is 0.124. The van der Waals surface area contributed by atoms with Crippen LogP contribution in [0.15, 0.2) is 42.6 Å². The molecule has 1 unspecified atom stereocenters. The summed E-state index contributed by atoms with van der Waals surface area (Å²) in [6, 6.07) is 12.1. The van der Waals surface area contributed by atoms with E-state index in [1.165, 1.54) is 0 Å². The van der Waals surface area contributed by atoms with Gasteiger partial charge in [-0.3, -0.25) is 9.78 Å². The largest absolute Gasteiger partial charge is 0.330 e. The maximum absolute atomic E-state index is 13.4. The van der Waals surface area contributed by atoms with Gasteiger partial charge in [0, 0.05) is 17.8 Å². The molecule has 0 bridgehead atoms. The van der Waals surface area contributed by atoms with E-state index in [1.807, 2.05) is 42.2 Å². The number of pyridine rings is 1. The van der Waals surface area contributed by atoms with E-state index in [9.17, 15) is 4.79 Å². The quantitative estimate of drug-likeness (QED) is 0.883. The molecule has 1 aromatic carbocycles. The van der Waals surface area contributed by atoms with Gasteiger partial charge in [0.1, 0.15) is 0 Å². The maximum atomic E-state index is 13.4. The molecule has 1 fully saturated rings. The lowest BCUT2D eigenvalue weighted by atomic mass is 10.00. The number of hydrogen-bond donors (Lipinski definition) is 1. The average molecular weight is 374 g/mol. The number of aryl methyl sites for hydroxylation is 1. The minimum Gasteiger partial charge on any atom is -0.330 e. The molecule has 0 spiro atoms. The number of rotatable bonds is 4. The molecule has 26 heavy (non-hydrogen) atoms. The Morgan fingerprint density at radius 1 is 1.15 bits per heavy atom. The van der Waals surface area contributed by atoms with Crippen molar-refractivity contribution in [2.45, 2.75) is 45.7 Å². The molecule has 1 amide bonds. The summed E-state index contributed by atoms with van der Waals surface area (Å²) in [5, 5.41) is 3.44. The smallest absolute Gasteiger partial charge is 0.254 e. The number of nitrogens with zero attached hydrogens (tertiary/aromatic N) is 2. The van der Waals surface area contributed by atoms with Gasteiger partial charge in [0.25, 0.3) is 5.91 Å². The molecule has 1 N–H and O–H groups in total. The lowest BCUT2D eigenvalue weighted by molar-refractivity contribution is 0.0641. The van der Waals surface area contributed by atoms with Gasteiger partial charge < -0.3 is 10.2 Å². The highest BCUT2D eigenvalue weighted by atomic mass is 35.5. The van der Waals surface area contributed by atoms with Crippen LogP contribution in [0.5, 0.6) is 0 Å². The molecule has 0 radical (unpaired) electrons. The fraction of sp³-hybridized carbons (Fsp3) is 0.429. The van der Waals surface area contributed by atoms with Gasteiger partial charge in [0.15, 0.2) is 0 Å². The molecule has 1 saturated heterocycles. The molecule has 2 aromatic rings. The van der Waals surface area contributed by atoms with Crippen molar-refractivity contribution in [2.24, 2.45) is 0 Å². The Morgan fingerprint density at radius 3 is 2.77 bits per heavy atom. The normalized spacial score (nSPS) is 17.1. The predicted octanol–water partition coefficient (Wildman–Crippen LogP) is 3.90. The van der Waals surface area contributed by atoms with Crippen molar-refractivity contribution in [1.29, 1.82) is 0 Å². The first-order chi connectivity index (χ1) is 12.2. The minimum absolute atomic E-state index is 0. The molecular formula is C21H28ClN3O. The number of benzene rings is 1. The summed E-state index contributed by atoms with van der Waals surface area (Å²) in [5.41, 5.74) is 3.99.